The van der Waals surface area contributed by atoms with Gasteiger partial charge in [-0.15, -0.1) is 0 Å². The molecule has 2 N–H and O–H groups in total. The number of ether oxygens (including phenoxy) is 2. The van der Waals surface area contributed by atoms with Crippen molar-refractivity contribution in [2.75, 3.05) is 13.2 Å². The standard InChI is InChI=1S/C37H64O6/c1-4-5-21-27-34(39)28-23-18-14-9-7-6-8-10-15-19-24-29-36(40)42-32-35(31-38)43-37(41)30-25-20-16-12-11-13-17-22-26-33(2)3/h6-7,10,14-15,18,23,28,33-35,38-39H,4-5,8-9,11-13,16-17,19-22,24-27,29-32H2,1-3H3/b7-6-,15-10-,18-14-,28-23+/t34-,35+/m1/s1. The molecule has 0 heterocycles. The van der Waals surface area contributed by atoms with E-state index in [4.69, 9.17) is 9.47 Å². The zero-order valence-electron chi connectivity index (χ0n) is 27.7. The molecule has 0 aliphatic rings. The smallest absolute Gasteiger partial charge is 0.306 e. The molecule has 0 spiro atoms. The van der Waals surface area contributed by atoms with Gasteiger partial charge in [0.05, 0.1) is 12.7 Å². The van der Waals surface area contributed by atoms with E-state index in [0.29, 0.717) is 12.8 Å². The average Bonchev–Trinajstić information content (AvgIpc) is 2.98. The molecule has 43 heavy (non-hydrogen) atoms. The summed E-state index contributed by atoms with van der Waals surface area (Å²) < 4.78 is 10.5. The van der Waals surface area contributed by atoms with E-state index >= 15 is 0 Å². The lowest BCUT2D eigenvalue weighted by molar-refractivity contribution is -0.161. The predicted octanol–water partition coefficient (Wildman–Crippen LogP) is 9.11. The zero-order valence-corrected chi connectivity index (χ0v) is 27.7. The lowest BCUT2D eigenvalue weighted by atomic mass is 10.0. The summed E-state index contributed by atoms with van der Waals surface area (Å²) in [6.07, 6.45) is 33.6. The number of unbranched alkanes of at least 4 members (excludes halogenated alkanes) is 10. The van der Waals surface area contributed by atoms with Crippen molar-refractivity contribution in [2.45, 2.75) is 155 Å². The predicted molar refractivity (Wildman–Crippen MR) is 179 cm³/mol. The van der Waals surface area contributed by atoms with Gasteiger partial charge in [-0.25, -0.2) is 0 Å². The molecule has 0 saturated carbocycles. The van der Waals surface area contributed by atoms with Crippen LogP contribution in [0.3, 0.4) is 0 Å². The number of hydrogen-bond acceptors (Lipinski definition) is 6. The lowest BCUT2D eigenvalue weighted by Gasteiger charge is -2.15. The van der Waals surface area contributed by atoms with Crippen LogP contribution in [-0.2, 0) is 19.1 Å². The summed E-state index contributed by atoms with van der Waals surface area (Å²) in [6, 6.07) is 0. The van der Waals surface area contributed by atoms with Crippen molar-refractivity contribution in [1.29, 1.82) is 0 Å². The second-order valence-electron chi connectivity index (χ2n) is 11.9. The Morgan fingerprint density at radius 3 is 1.98 bits per heavy atom. The third-order valence-corrected chi connectivity index (χ3v) is 7.16. The van der Waals surface area contributed by atoms with Gasteiger partial charge in [0, 0.05) is 12.8 Å². The Morgan fingerprint density at radius 1 is 0.698 bits per heavy atom. The zero-order chi connectivity index (χ0) is 31.8. The first-order chi connectivity index (χ1) is 20.9. The molecule has 0 bridgehead atoms. The van der Waals surface area contributed by atoms with E-state index < -0.39 is 6.10 Å². The van der Waals surface area contributed by atoms with Crippen LogP contribution in [0.4, 0.5) is 0 Å². The SMILES string of the molecule is CCCCC[C@@H](O)/C=C/C=C\C/C=C\C/C=C\CCCC(=O)OC[C@H](CO)OC(=O)CCCCCCCCCCC(C)C. The molecule has 0 aromatic carbocycles. The molecule has 0 unspecified atom stereocenters. The van der Waals surface area contributed by atoms with Gasteiger partial charge < -0.3 is 19.7 Å². The largest absolute Gasteiger partial charge is 0.462 e. The minimum Gasteiger partial charge on any atom is -0.462 e. The van der Waals surface area contributed by atoms with E-state index in [1.54, 1.807) is 0 Å². The molecular formula is C37H64O6. The van der Waals surface area contributed by atoms with Crippen LogP contribution >= 0.6 is 0 Å². The highest BCUT2D eigenvalue weighted by Crippen LogP contribution is 2.13. The van der Waals surface area contributed by atoms with Gasteiger partial charge in [0.25, 0.3) is 0 Å². The monoisotopic (exact) mass is 604 g/mol. The number of carbonyl (C=O) groups is 2. The van der Waals surface area contributed by atoms with Crippen LogP contribution in [0.1, 0.15) is 143 Å². The molecule has 0 fully saturated rings. The fourth-order valence-corrected chi connectivity index (χ4v) is 4.49. The second kappa shape index (κ2) is 31.3. The van der Waals surface area contributed by atoms with Gasteiger partial charge in [-0.3, -0.25) is 9.59 Å². The minimum absolute atomic E-state index is 0.109. The van der Waals surface area contributed by atoms with E-state index in [0.717, 1.165) is 63.7 Å². The molecule has 6 nitrogen and oxygen atoms in total. The van der Waals surface area contributed by atoms with Gasteiger partial charge in [-0.05, 0) is 44.4 Å². The molecule has 0 aromatic heterocycles. The van der Waals surface area contributed by atoms with Crippen molar-refractivity contribution in [2.24, 2.45) is 5.92 Å². The maximum atomic E-state index is 12.1. The molecule has 0 aliphatic heterocycles. The highest BCUT2D eigenvalue weighted by atomic mass is 16.6. The molecule has 0 amide bonds. The van der Waals surface area contributed by atoms with Crippen molar-refractivity contribution in [3.8, 4) is 0 Å². The van der Waals surface area contributed by atoms with Crippen LogP contribution in [0.2, 0.25) is 0 Å². The molecule has 2 atom stereocenters. The first-order valence-corrected chi connectivity index (χ1v) is 17.2. The molecule has 6 heteroatoms. The number of aliphatic hydroxyl groups excluding tert-OH is 2. The number of esters is 2. The van der Waals surface area contributed by atoms with E-state index in [1.165, 1.54) is 44.9 Å². The summed E-state index contributed by atoms with van der Waals surface area (Å²) in [7, 11) is 0. The van der Waals surface area contributed by atoms with Gasteiger partial charge in [0.2, 0.25) is 0 Å². The Labute approximate surface area is 263 Å². The summed E-state index contributed by atoms with van der Waals surface area (Å²) >= 11 is 0. The van der Waals surface area contributed by atoms with Crippen molar-refractivity contribution in [1.82, 2.24) is 0 Å². The molecule has 0 aromatic rings. The van der Waals surface area contributed by atoms with E-state index in [2.05, 4.69) is 51.2 Å². The quantitative estimate of drug-likeness (QED) is 0.0383. The van der Waals surface area contributed by atoms with Crippen molar-refractivity contribution in [3.63, 3.8) is 0 Å². The molecule has 0 aliphatic carbocycles. The summed E-state index contributed by atoms with van der Waals surface area (Å²) in [4.78, 5) is 24.1. The number of aliphatic hydroxyl groups is 2. The molecule has 0 rings (SSSR count). The van der Waals surface area contributed by atoms with Crippen molar-refractivity contribution < 1.29 is 29.3 Å². The fraction of sp³-hybridized carbons (Fsp3) is 0.730. The van der Waals surface area contributed by atoms with Crippen LogP contribution in [0.15, 0.2) is 48.6 Å². The topological polar surface area (TPSA) is 93.1 Å². The van der Waals surface area contributed by atoms with Crippen LogP contribution < -0.4 is 0 Å². The number of allylic oxidation sites excluding steroid dienone is 7. The van der Waals surface area contributed by atoms with Crippen molar-refractivity contribution >= 4 is 11.9 Å². The summed E-state index contributed by atoms with van der Waals surface area (Å²) in [5, 5.41) is 19.3. The third-order valence-electron chi connectivity index (χ3n) is 7.16. The highest BCUT2D eigenvalue weighted by molar-refractivity contribution is 5.70. The highest BCUT2D eigenvalue weighted by Gasteiger charge is 2.16. The Morgan fingerprint density at radius 2 is 1.30 bits per heavy atom. The maximum absolute atomic E-state index is 12.1. The Kier molecular flexibility index (Phi) is 29.7. The fourth-order valence-electron chi connectivity index (χ4n) is 4.49. The van der Waals surface area contributed by atoms with Crippen LogP contribution in [0.5, 0.6) is 0 Å². The second-order valence-corrected chi connectivity index (χ2v) is 11.9. The maximum Gasteiger partial charge on any atom is 0.306 e. The van der Waals surface area contributed by atoms with Crippen molar-refractivity contribution in [3.05, 3.63) is 48.6 Å². The van der Waals surface area contributed by atoms with Gasteiger partial charge in [0.15, 0.2) is 6.10 Å². The van der Waals surface area contributed by atoms with Gasteiger partial charge in [-0.2, -0.15) is 0 Å². The van der Waals surface area contributed by atoms with E-state index in [-0.39, 0.29) is 37.7 Å². The number of rotatable bonds is 29. The normalized spacial score (nSPS) is 13.6. The Hall–Kier alpha value is -2.18. The van der Waals surface area contributed by atoms with E-state index in [1.807, 2.05) is 18.2 Å². The van der Waals surface area contributed by atoms with Gasteiger partial charge in [-0.1, -0.05) is 140 Å². The average molecular weight is 605 g/mol. The lowest BCUT2D eigenvalue weighted by Crippen LogP contribution is -2.28. The minimum atomic E-state index is -0.804. The number of hydrogen-bond donors (Lipinski definition) is 2. The Balaban J connectivity index is 3.77. The number of carbonyl (C=O) groups excluding carboxylic acids is 2. The summed E-state index contributed by atoms with van der Waals surface area (Å²) in [5.74, 6) is 0.106. The van der Waals surface area contributed by atoms with E-state index in [9.17, 15) is 19.8 Å². The molecule has 0 saturated heterocycles. The van der Waals surface area contributed by atoms with Gasteiger partial charge >= 0.3 is 11.9 Å². The molecule has 0 radical (unpaired) electrons. The Bertz CT molecular complexity index is 767. The van der Waals surface area contributed by atoms with Crippen LogP contribution in [0, 0.1) is 5.92 Å². The first-order valence-electron chi connectivity index (χ1n) is 17.2. The van der Waals surface area contributed by atoms with Gasteiger partial charge in [0.1, 0.15) is 6.61 Å². The third kappa shape index (κ3) is 31.1. The van der Waals surface area contributed by atoms with Crippen LogP contribution in [-0.4, -0.2) is 47.6 Å². The molecular weight excluding hydrogens is 540 g/mol. The summed E-state index contributed by atoms with van der Waals surface area (Å²) in [5.41, 5.74) is 0. The molecule has 248 valence electrons. The summed E-state index contributed by atoms with van der Waals surface area (Å²) in [6.45, 7) is 6.23. The first kappa shape index (κ1) is 40.8. The van der Waals surface area contributed by atoms with Crippen LogP contribution in [0.25, 0.3) is 0 Å².